The van der Waals surface area contributed by atoms with Crippen molar-refractivity contribution in [2.24, 2.45) is 0 Å². The molecular weight excluding hydrogens is 403 g/mol. The van der Waals surface area contributed by atoms with Gasteiger partial charge in [0, 0.05) is 42.4 Å². The summed E-state index contributed by atoms with van der Waals surface area (Å²) in [7, 11) is 0. The number of halogens is 3. The first-order valence-electron chi connectivity index (χ1n) is 10.2. The van der Waals surface area contributed by atoms with Crippen LogP contribution in [0.1, 0.15) is 28.7 Å². The van der Waals surface area contributed by atoms with Gasteiger partial charge in [-0.05, 0) is 42.2 Å². The molecule has 160 valence electrons. The van der Waals surface area contributed by atoms with Crippen LogP contribution in [0, 0.1) is 17.5 Å². The van der Waals surface area contributed by atoms with Crippen LogP contribution in [0.15, 0.2) is 54.6 Å². The minimum absolute atomic E-state index is 0.0408. The molecule has 0 saturated carbocycles. The van der Waals surface area contributed by atoms with Crippen molar-refractivity contribution >= 4 is 12.0 Å². The predicted molar refractivity (Wildman–Crippen MR) is 113 cm³/mol. The first-order valence-corrected chi connectivity index (χ1v) is 10.2. The molecule has 4 rings (SSSR count). The fraction of sp³-hybridized carbons (Fsp3) is 0.240. The Hall–Kier alpha value is -3.28. The maximum absolute atomic E-state index is 14.2. The lowest BCUT2D eigenvalue weighted by molar-refractivity contribution is -0.107. The van der Waals surface area contributed by atoms with Crippen molar-refractivity contribution in [1.29, 1.82) is 0 Å². The van der Waals surface area contributed by atoms with Crippen LogP contribution in [0.3, 0.4) is 0 Å². The Bertz CT molecular complexity index is 1080. The number of para-hydroxylation sites is 1. The van der Waals surface area contributed by atoms with Crippen LogP contribution in [0.25, 0.3) is 0 Å². The molecule has 0 aliphatic carbocycles. The lowest BCUT2D eigenvalue weighted by Gasteiger charge is -2.23. The third-order valence-electron chi connectivity index (χ3n) is 5.53. The van der Waals surface area contributed by atoms with Gasteiger partial charge in [-0.15, -0.1) is 0 Å². The van der Waals surface area contributed by atoms with Gasteiger partial charge in [-0.2, -0.15) is 0 Å². The molecule has 1 heterocycles. The minimum atomic E-state index is -0.563. The molecule has 0 atom stereocenters. The van der Waals surface area contributed by atoms with E-state index in [4.69, 9.17) is 4.74 Å². The van der Waals surface area contributed by atoms with Gasteiger partial charge >= 0.3 is 0 Å². The zero-order valence-electron chi connectivity index (χ0n) is 16.9. The molecule has 0 aromatic heterocycles. The molecule has 0 unspecified atom stereocenters. The van der Waals surface area contributed by atoms with Crippen LogP contribution < -0.4 is 9.64 Å². The van der Waals surface area contributed by atoms with Crippen LogP contribution in [-0.4, -0.2) is 12.8 Å². The summed E-state index contributed by atoms with van der Waals surface area (Å²) in [5.74, 6) is -1.15. The van der Waals surface area contributed by atoms with E-state index in [1.807, 2.05) is 23.1 Å². The second-order valence-electron chi connectivity index (χ2n) is 7.54. The van der Waals surface area contributed by atoms with E-state index in [1.54, 1.807) is 12.1 Å². The number of hydrogen-bond acceptors (Lipinski definition) is 3. The summed E-state index contributed by atoms with van der Waals surface area (Å²) in [5, 5.41) is 0. The third-order valence-corrected chi connectivity index (χ3v) is 5.53. The van der Waals surface area contributed by atoms with Gasteiger partial charge in [-0.3, -0.25) is 0 Å². The van der Waals surface area contributed by atoms with Crippen LogP contribution in [0.5, 0.6) is 5.75 Å². The SMILES string of the molecule is O=CCCc1ccc(OCc2cccc3c2N(Cc2c(F)cccc2F)CC3)cc1F. The number of anilines is 1. The number of ether oxygens (including phenoxy) is 1. The minimum Gasteiger partial charge on any atom is -0.489 e. The molecule has 1 aliphatic rings. The average molecular weight is 425 g/mol. The Kier molecular flexibility index (Phi) is 6.26. The lowest BCUT2D eigenvalue weighted by atomic mass is 10.1. The second-order valence-corrected chi connectivity index (χ2v) is 7.54. The van der Waals surface area contributed by atoms with Crippen LogP contribution in [-0.2, 0) is 30.8 Å². The molecule has 31 heavy (non-hydrogen) atoms. The van der Waals surface area contributed by atoms with Crippen LogP contribution in [0.2, 0.25) is 0 Å². The van der Waals surface area contributed by atoms with Gasteiger partial charge in [0.2, 0.25) is 0 Å². The maximum Gasteiger partial charge on any atom is 0.131 e. The summed E-state index contributed by atoms with van der Waals surface area (Å²) in [5.41, 5.74) is 3.39. The van der Waals surface area contributed by atoms with Gasteiger partial charge in [0.1, 0.15) is 36.1 Å². The van der Waals surface area contributed by atoms with Crippen molar-refractivity contribution in [2.45, 2.75) is 32.4 Å². The summed E-state index contributed by atoms with van der Waals surface area (Å²) >= 11 is 0. The van der Waals surface area contributed by atoms with Crippen molar-refractivity contribution in [3.8, 4) is 5.75 Å². The van der Waals surface area contributed by atoms with Gasteiger partial charge in [-0.1, -0.05) is 30.3 Å². The molecular formula is C25H22F3NO2. The van der Waals surface area contributed by atoms with E-state index < -0.39 is 17.5 Å². The smallest absolute Gasteiger partial charge is 0.131 e. The Labute approximate surface area is 179 Å². The summed E-state index contributed by atoms with van der Waals surface area (Å²) in [6.07, 6.45) is 2.16. The highest BCUT2D eigenvalue weighted by molar-refractivity contribution is 5.63. The zero-order chi connectivity index (χ0) is 21.8. The molecule has 0 spiro atoms. The standard InChI is InChI=1S/C25H22F3NO2/c26-22-7-2-8-23(27)21(22)15-29-12-11-18-4-1-5-19(25(18)29)16-31-20-10-9-17(6-3-13-30)24(28)14-20/h1-2,4-5,7-10,13-14H,3,6,11-12,15-16H2. The Morgan fingerprint density at radius 2 is 1.71 bits per heavy atom. The number of carbonyl (C=O) groups is 1. The molecule has 0 radical (unpaired) electrons. The first-order chi connectivity index (χ1) is 15.1. The number of aldehydes is 1. The van der Waals surface area contributed by atoms with E-state index in [0.717, 1.165) is 29.5 Å². The van der Waals surface area contributed by atoms with E-state index >= 15 is 0 Å². The predicted octanol–water partition coefficient (Wildman–Crippen LogP) is 5.38. The van der Waals surface area contributed by atoms with Crippen molar-refractivity contribution in [2.75, 3.05) is 11.4 Å². The third kappa shape index (κ3) is 4.58. The summed E-state index contributed by atoms with van der Waals surface area (Å²) < 4.78 is 48.3. The number of nitrogens with zero attached hydrogens (tertiary/aromatic N) is 1. The molecule has 3 nitrogen and oxygen atoms in total. The quantitative estimate of drug-likeness (QED) is 0.454. The molecule has 0 bridgehead atoms. The monoisotopic (exact) mass is 425 g/mol. The van der Waals surface area contributed by atoms with E-state index in [-0.39, 0.29) is 25.1 Å². The number of hydrogen-bond donors (Lipinski definition) is 0. The Morgan fingerprint density at radius 3 is 2.45 bits per heavy atom. The highest BCUT2D eigenvalue weighted by atomic mass is 19.1. The number of carbonyl (C=O) groups excluding carboxylic acids is 1. The average Bonchev–Trinajstić information content (AvgIpc) is 3.18. The molecule has 3 aromatic rings. The van der Waals surface area contributed by atoms with Crippen molar-refractivity contribution in [3.05, 3.63) is 94.3 Å². The van der Waals surface area contributed by atoms with Crippen LogP contribution in [0.4, 0.5) is 18.9 Å². The molecule has 1 aliphatic heterocycles. The molecule has 0 amide bonds. The topological polar surface area (TPSA) is 29.5 Å². The lowest BCUT2D eigenvalue weighted by Crippen LogP contribution is -2.22. The largest absolute Gasteiger partial charge is 0.489 e. The maximum atomic E-state index is 14.2. The summed E-state index contributed by atoms with van der Waals surface area (Å²) in [4.78, 5) is 12.5. The summed E-state index contributed by atoms with van der Waals surface area (Å²) in [6.45, 7) is 0.981. The fourth-order valence-electron chi connectivity index (χ4n) is 3.96. The Morgan fingerprint density at radius 1 is 0.935 bits per heavy atom. The van der Waals surface area contributed by atoms with Gasteiger partial charge in [-0.25, -0.2) is 13.2 Å². The van der Waals surface area contributed by atoms with Crippen molar-refractivity contribution < 1.29 is 22.7 Å². The van der Waals surface area contributed by atoms with Gasteiger partial charge in [0.25, 0.3) is 0 Å². The second kappa shape index (κ2) is 9.25. The van der Waals surface area contributed by atoms with E-state index in [2.05, 4.69) is 0 Å². The number of aryl methyl sites for hydroxylation is 1. The van der Waals surface area contributed by atoms with E-state index in [9.17, 15) is 18.0 Å². The molecule has 0 N–H and O–H groups in total. The normalized spacial score (nSPS) is 12.7. The van der Waals surface area contributed by atoms with Gasteiger partial charge in [0.15, 0.2) is 0 Å². The summed E-state index contributed by atoms with van der Waals surface area (Å²) in [6, 6.07) is 14.3. The number of benzene rings is 3. The highest BCUT2D eigenvalue weighted by Crippen LogP contribution is 2.34. The molecule has 0 fully saturated rings. The highest BCUT2D eigenvalue weighted by Gasteiger charge is 2.24. The number of rotatable bonds is 8. The van der Waals surface area contributed by atoms with Gasteiger partial charge < -0.3 is 14.4 Å². The fourth-order valence-corrected chi connectivity index (χ4v) is 3.96. The number of fused-ring (bicyclic) bond motifs is 1. The first kappa shape index (κ1) is 21.0. The molecule has 6 heteroatoms. The van der Waals surface area contributed by atoms with Crippen molar-refractivity contribution in [1.82, 2.24) is 0 Å². The van der Waals surface area contributed by atoms with E-state index in [0.29, 0.717) is 24.3 Å². The molecule has 0 saturated heterocycles. The van der Waals surface area contributed by atoms with E-state index in [1.165, 1.54) is 24.3 Å². The molecule has 3 aromatic carbocycles. The van der Waals surface area contributed by atoms with Crippen molar-refractivity contribution in [3.63, 3.8) is 0 Å². The van der Waals surface area contributed by atoms with Gasteiger partial charge in [0.05, 0.1) is 0 Å². The van der Waals surface area contributed by atoms with Crippen LogP contribution >= 0.6 is 0 Å². The zero-order valence-corrected chi connectivity index (χ0v) is 16.9. The Balaban J connectivity index is 1.52.